The van der Waals surface area contributed by atoms with Gasteiger partial charge in [0.25, 0.3) is 0 Å². The maximum atomic E-state index is 11.7. The van der Waals surface area contributed by atoms with Crippen molar-refractivity contribution in [2.24, 2.45) is 5.73 Å². The first-order chi connectivity index (χ1) is 8.54. The number of hydrogen-bond acceptors (Lipinski definition) is 3. The van der Waals surface area contributed by atoms with E-state index in [1.54, 1.807) is 0 Å². The molecular weight excluding hydrogens is 228 g/mol. The van der Waals surface area contributed by atoms with Crippen molar-refractivity contribution in [3.63, 3.8) is 0 Å². The molecule has 0 spiro atoms. The van der Waals surface area contributed by atoms with Gasteiger partial charge in [-0.15, -0.1) is 0 Å². The molecule has 3 N–H and O–H groups in total. The predicted octanol–water partition coefficient (Wildman–Crippen LogP) is 2.00. The second-order valence-corrected chi connectivity index (χ2v) is 4.44. The molecule has 0 aromatic heterocycles. The molecule has 4 nitrogen and oxygen atoms in total. The lowest BCUT2D eigenvalue weighted by molar-refractivity contribution is -0.122. The minimum Gasteiger partial charge on any atom is -0.494 e. The Labute approximate surface area is 109 Å². The Hall–Kier alpha value is -1.55. The fourth-order valence-electron chi connectivity index (χ4n) is 1.80. The fourth-order valence-corrected chi connectivity index (χ4v) is 1.80. The summed E-state index contributed by atoms with van der Waals surface area (Å²) in [5.41, 5.74) is 6.58. The Morgan fingerprint density at radius 3 is 2.67 bits per heavy atom. The number of benzene rings is 1. The van der Waals surface area contributed by atoms with Crippen LogP contribution in [-0.4, -0.2) is 18.6 Å². The Morgan fingerprint density at radius 1 is 1.39 bits per heavy atom. The van der Waals surface area contributed by atoms with Crippen molar-refractivity contribution < 1.29 is 9.53 Å². The van der Waals surface area contributed by atoms with Crippen LogP contribution in [0.3, 0.4) is 0 Å². The molecule has 4 heteroatoms. The molecule has 0 saturated heterocycles. The Kier molecular flexibility index (Phi) is 5.65. The van der Waals surface area contributed by atoms with Gasteiger partial charge < -0.3 is 15.8 Å². The highest BCUT2D eigenvalue weighted by Gasteiger charge is 2.14. The molecule has 0 fully saturated rings. The molecule has 0 radical (unpaired) electrons. The molecule has 2 unspecified atom stereocenters. The summed E-state index contributed by atoms with van der Waals surface area (Å²) >= 11 is 0. The predicted molar refractivity (Wildman–Crippen MR) is 72.4 cm³/mol. The summed E-state index contributed by atoms with van der Waals surface area (Å²) < 4.78 is 5.54. The maximum absolute atomic E-state index is 11.7. The number of para-hydroxylation sites is 1. The van der Waals surface area contributed by atoms with Crippen LogP contribution in [0.15, 0.2) is 24.3 Å². The Morgan fingerprint density at radius 2 is 2.06 bits per heavy atom. The highest BCUT2D eigenvalue weighted by molar-refractivity contribution is 5.77. The van der Waals surface area contributed by atoms with Gasteiger partial charge >= 0.3 is 0 Å². The van der Waals surface area contributed by atoms with Gasteiger partial charge in [-0.3, -0.25) is 4.79 Å². The summed E-state index contributed by atoms with van der Waals surface area (Å²) in [5, 5.41) is 2.93. The number of amides is 1. The molecule has 1 rings (SSSR count). The molecule has 2 atom stereocenters. The van der Waals surface area contributed by atoms with E-state index in [4.69, 9.17) is 10.5 Å². The van der Waals surface area contributed by atoms with Gasteiger partial charge in [0.1, 0.15) is 5.75 Å². The van der Waals surface area contributed by atoms with Crippen molar-refractivity contribution in [2.75, 3.05) is 6.61 Å². The van der Waals surface area contributed by atoms with Crippen LogP contribution in [0.1, 0.15) is 38.8 Å². The Bertz CT molecular complexity index is 391. The zero-order valence-electron chi connectivity index (χ0n) is 11.3. The van der Waals surface area contributed by atoms with Crippen LogP contribution in [-0.2, 0) is 4.79 Å². The molecule has 0 aliphatic rings. The second-order valence-electron chi connectivity index (χ2n) is 4.44. The molecule has 0 heterocycles. The van der Waals surface area contributed by atoms with E-state index in [1.807, 2.05) is 45.0 Å². The normalized spacial score (nSPS) is 13.8. The van der Waals surface area contributed by atoms with Crippen molar-refractivity contribution in [3.8, 4) is 5.75 Å². The van der Waals surface area contributed by atoms with E-state index in [0.29, 0.717) is 13.0 Å². The van der Waals surface area contributed by atoms with Gasteiger partial charge in [0.05, 0.1) is 12.6 Å². The van der Waals surface area contributed by atoms with Gasteiger partial charge in [-0.1, -0.05) is 18.2 Å². The van der Waals surface area contributed by atoms with Gasteiger partial charge in [-0.25, -0.2) is 0 Å². The second kappa shape index (κ2) is 7.01. The van der Waals surface area contributed by atoms with Gasteiger partial charge in [0, 0.05) is 18.0 Å². The van der Waals surface area contributed by atoms with Crippen LogP contribution in [0.2, 0.25) is 0 Å². The molecule has 1 aromatic rings. The first kappa shape index (κ1) is 14.5. The van der Waals surface area contributed by atoms with Crippen LogP contribution < -0.4 is 15.8 Å². The minimum absolute atomic E-state index is 0.0381. The topological polar surface area (TPSA) is 64.3 Å². The van der Waals surface area contributed by atoms with Gasteiger partial charge in [0.2, 0.25) is 5.91 Å². The van der Waals surface area contributed by atoms with Crippen molar-refractivity contribution in [2.45, 2.75) is 39.3 Å². The number of ether oxygens (including phenoxy) is 1. The van der Waals surface area contributed by atoms with Crippen LogP contribution >= 0.6 is 0 Å². The number of nitrogens with one attached hydrogen (secondary N) is 1. The summed E-state index contributed by atoms with van der Waals surface area (Å²) in [7, 11) is 0. The number of nitrogens with two attached hydrogens (primary N) is 1. The standard InChI is InChI=1S/C14H22N2O2/c1-4-18-13-8-6-5-7-12(13)11(3)16-14(17)9-10(2)15/h5-8,10-11H,4,9,15H2,1-3H3,(H,16,17). The SMILES string of the molecule is CCOc1ccccc1C(C)NC(=O)CC(C)N. The summed E-state index contributed by atoms with van der Waals surface area (Å²) in [6.07, 6.45) is 0.334. The number of rotatable bonds is 6. The zero-order valence-corrected chi connectivity index (χ0v) is 11.3. The van der Waals surface area contributed by atoms with Gasteiger partial charge in [-0.2, -0.15) is 0 Å². The molecule has 0 aliphatic heterocycles. The summed E-state index contributed by atoms with van der Waals surface area (Å²) in [5.74, 6) is 0.775. The fraction of sp³-hybridized carbons (Fsp3) is 0.500. The van der Waals surface area contributed by atoms with Crippen LogP contribution in [0.5, 0.6) is 5.75 Å². The molecule has 1 aromatic carbocycles. The smallest absolute Gasteiger partial charge is 0.222 e. The van der Waals surface area contributed by atoms with Crippen molar-refractivity contribution in [1.29, 1.82) is 0 Å². The minimum atomic E-state index is -0.126. The van der Waals surface area contributed by atoms with E-state index in [9.17, 15) is 4.79 Å². The quantitative estimate of drug-likeness (QED) is 0.811. The Balaban J connectivity index is 2.71. The zero-order chi connectivity index (χ0) is 13.5. The largest absolute Gasteiger partial charge is 0.494 e. The average Bonchev–Trinajstić information content (AvgIpc) is 2.28. The van der Waals surface area contributed by atoms with Crippen LogP contribution in [0, 0.1) is 0 Å². The monoisotopic (exact) mass is 250 g/mol. The summed E-state index contributed by atoms with van der Waals surface area (Å²) in [4.78, 5) is 11.7. The van der Waals surface area contributed by atoms with Gasteiger partial charge in [0.15, 0.2) is 0 Å². The summed E-state index contributed by atoms with van der Waals surface area (Å²) in [6, 6.07) is 7.52. The molecule has 100 valence electrons. The molecule has 0 bridgehead atoms. The lowest BCUT2D eigenvalue weighted by atomic mass is 10.1. The van der Waals surface area contributed by atoms with Crippen LogP contribution in [0.25, 0.3) is 0 Å². The first-order valence-corrected chi connectivity index (χ1v) is 6.31. The van der Waals surface area contributed by atoms with E-state index in [0.717, 1.165) is 11.3 Å². The molecule has 18 heavy (non-hydrogen) atoms. The summed E-state index contributed by atoms with van der Waals surface area (Å²) in [6.45, 7) is 6.31. The highest BCUT2D eigenvalue weighted by Crippen LogP contribution is 2.24. The van der Waals surface area contributed by atoms with Gasteiger partial charge in [-0.05, 0) is 26.8 Å². The average molecular weight is 250 g/mol. The number of carbonyl (C=O) groups excluding carboxylic acids is 1. The number of hydrogen-bond donors (Lipinski definition) is 2. The molecular formula is C14H22N2O2. The molecule has 0 aliphatic carbocycles. The van der Waals surface area contributed by atoms with E-state index in [2.05, 4.69) is 5.32 Å². The highest BCUT2D eigenvalue weighted by atomic mass is 16.5. The van der Waals surface area contributed by atoms with Crippen molar-refractivity contribution in [1.82, 2.24) is 5.32 Å². The van der Waals surface area contributed by atoms with E-state index < -0.39 is 0 Å². The third kappa shape index (κ3) is 4.37. The van der Waals surface area contributed by atoms with E-state index >= 15 is 0 Å². The molecule has 0 saturated carbocycles. The molecule has 1 amide bonds. The van der Waals surface area contributed by atoms with Crippen LogP contribution in [0.4, 0.5) is 0 Å². The first-order valence-electron chi connectivity index (χ1n) is 6.31. The third-order valence-corrected chi connectivity index (χ3v) is 2.57. The maximum Gasteiger partial charge on any atom is 0.222 e. The lowest BCUT2D eigenvalue weighted by Gasteiger charge is -2.18. The number of carbonyl (C=O) groups is 1. The van der Waals surface area contributed by atoms with Crippen molar-refractivity contribution in [3.05, 3.63) is 29.8 Å². The van der Waals surface area contributed by atoms with E-state index in [1.165, 1.54) is 0 Å². The third-order valence-electron chi connectivity index (χ3n) is 2.57. The van der Waals surface area contributed by atoms with Crippen molar-refractivity contribution >= 4 is 5.91 Å². The lowest BCUT2D eigenvalue weighted by Crippen LogP contribution is -2.31. The van der Waals surface area contributed by atoms with E-state index in [-0.39, 0.29) is 18.0 Å².